The van der Waals surface area contributed by atoms with Gasteiger partial charge in [-0.2, -0.15) is 5.01 Å². The Morgan fingerprint density at radius 3 is 2.55 bits per heavy atom. The lowest BCUT2D eigenvalue weighted by Gasteiger charge is -2.20. The van der Waals surface area contributed by atoms with Gasteiger partial charge in [0, 0.05) is 27.0 Å². The van der Waals surface area contributed by atoms with E-state index in [0.29, 0.717) is 26.1 Å². The molecule has 0 saturated carbocycles. The summed E-state index contributed by atoms with van der Waals surface area (Å²) in [6.07, 6.45) is 1.76. The summed E-state index contributed by atoms with van der Waals surface area (Å²) in [6, 6.07) is 15.9. The number of ether oxygens (including phenoxy) is 1. The second-order valence-electron chi connectivity index (χ2n) is 6.98. The highest BCUT2D eigenvalue weighted by atomic mass is 79.9. The van der Waals surface area contributed by atoms with Crippen molar-refractivity contribution in [2.75, 3.05) is 5.01 Å². The number of benzene rings is 2. The Morgan fingerprint density at radius 1 is 1.13 bits per heavy atom. The Balaban J connectivity index is 1.64. The van der Waals surface area contributed by atoms with Crippen LogP contribution in [0.4, 0.5) is 4.39 Å². The zero-order valence-corrected chi connectivity index (χ0v) is 20.0. The van der Waals surface area contributed by atoms with Crippen molar-refractivity contribution in [1.29, 1.82) is 0 Å². The lowest BCUT2D eigenvalue weighted by Crippen LogP contribution is -2.39. The number of carbonyl (C=O) groups is 1. The summed E-state index contributed by atoms with van der Waals surface area (Å²) < 4.78 is 23.0. The van der Waals surface area contributed by atoms with Gasteiger partial charge < -0.3 is 4.74 Å². The fraction of sp³-hybridized carbons (Fsp3) is 0.130. The fourth-order valence-corrected chi connectivity index (χ4v) is 4.90. The number of hydrogen-bond donors (Lipinski definition) is 0. The topological polar surface area (TPSA) is 34.5 Å². The summed E-state index contributed by atoms with van der Waals surface area (Å²) in [5.41, 5.74) is 3.01. The Hall–Kier alpha value is -2.42. The van der Waals surface area contributed by atoms with Gasteiger partial charge >= 0.3 is 0 Å². The maximum Gasteiger partial charge on any atom is 0.285 e. The van der Waals surface area contributed by atoms with Crippen molar-refractivity contribution in [2.45, 2.75) is 20.5 Å². The lowest BCUT2D eigenvalue weighted by molar-refractivity contribution is -0.114. The molecule has 31 heavy (non-hydrogen) atoms. The van der Waals surface area contributed by atoms with E-state index in [1.807, 2.05) is 42.8 Å². The average Bonchev–Trinajstić information content (AvgIpc) is 3.19. The first-order valence-corrected chi connectivity index (χ1v) is 11.5. The Kier molecular flexibility index (Phi) is 6.31. The maximum atomic E-state index is 14.0. The SMILES string of the molecule is Cc1ccc(C)n1N1C(=O)/C(=C/c2cc(Br)ccc2OCc2ccccc2F)SC1=S. The number of thioether (sulfide) groups is 1. The van der Waals surface area contributed by atoms with Crippen LogP contribution in [0.3, 0.4) is 0 Å². The summed E-state index contributed by atoms with van der Waals surface area (Å²) in [7, 11) is 0. The molecule has 2 aromatic carbocycles. The molecule has 0 unspecified atom stereocenters. The van der Waals surface area contributed by atoms with Crippen LogP contribution in [0.15, 0.2) is 64.0 Å². The van der Waals surface area contributed by atoms with Gasteiger partial charge in [0.1, 0.15) is 18.2 Å². The van der Waals surface area contributed by atoms with Crippen LogP contribution in [-0.4, -0.2) is 14.9 Å². The molecule has 4 rings (SSSR count). The first kappa shape index (κ1) is 21.8. The van der Waals surface area contributed by atoms with Crippen molar-refractivity contribution in [3.05, 3.63) is 92.3 Å². The molecule has 0 radical (unpaired) electrons. The summed E-state index contributed by atoms with van der Waals surface area (Å²) in [6.45, 7) is 3.94. The third-order valence-electron chi connectivity index (χ3n) is 4.81. The van der Waals surface area contributed by atoms with Crippen LogP contribution in [0.5, 0.6) is 5.75 Å². The molecule has 2 heterocycles. The third-order valence-corrected chi connectivity index (χ3v) is 6.58. The molecule has 8 heteroatoms. The summed E-state index contributed by atoms with van der Waals surface area (Å²) in [5.74, 6) is 0.0296. The molecule has 1 aliphatic heterocycles. The van der Waals surface area contributed by atoms with Gasteiger partial charge in [0.25, 0.3) is 5.91 Å². The van der Waals surface area contributed by atoms with Crippen LogP contribution in [0.2, 0.25) is 0 Å². The van der Waals surface area contributed by atoms with E-state index >= 15 is 0 Å². The molecule has 3 aromatic rings. The average molecular weight is 517 g/mol. The molecule has 4 nitrogen and oxygen atoms in total. The highest BCUT2D eigenvalue weighted by Crippen LogP contribution is 2.35. The molecule has 158 valence electrons. The molecule has 1 aliphatic rings. The molecule has 1 fully saturated rings. The van der Waals surface area contributed by atoms with Crippen molar-refractivity contribution >= 4 is 56.2 Å². The zero-order valence-electron chi connectivity index (χ0n) is 16.8. The Labute approximate surface area is 197 Å². The quantitative estimate of drug-likeness (QED) is 0.302. The molecule has 0 aliphatic carbocycles. The lowest BCUT2D eigenvalue weighted by atomic mass is 10.1. The highest BCUT2D eigenvalue weighted by Gasteiger charge is 2.35. The van der Waals surface area contributed by atoms with Gasteiger partial charge in [-0.05, 0) is 68.5 Å². The van der Waals surface area contributed by atoms with Gasteiger partial charge in [-0.25, -0.2) is 4.39 Å². The Bertz CT molecular complexity index is 1200. The summed E-state index contributed by atoms with van der Waals surface area (Å²) >= 11 is 10.2. The predicted molar refractivity (Wildman–Crippen MR) is 130 cm³/mol. The second kappa shape index (κ2) is 8.98. The molecule has 1 amide bonds. The van der Waals surface area contributed by atoms with E-state index in [2.05, 4.69) is 15.9 Å². The number of halogens is 2. The van der Waals surface area contributed by atoms with E-state index in [4.69, 9.17) is 17.0 Å². The van der Waals surface area contributed by atoms with E-state index in [0.717, 1.165) is 15.9 Å². The summed E-state index contributed by atoms with van der Waals surface area (Å²) in [5, 5.41) is 1.51. The van der Waals surface area contributed by atoms with E-state index in [9.17, 15) is 9.18 Å². The first-order chi connectivity index (χ1) is 14.8. The van der Waals surface area contributed by atoms with Crippen LogP contribution in [0, 0.1) is 19.7 Å². The Morgan fingerprint density at radius 2 is 1.84 bits per heavy atom. The zero-order chi connectivity index (χ0) is 22.1. The smallest absolute Gasteiger partial charge is 0.285 e. The van der Waals surface area contributed by atoms with Gasteiger partial charge in [-0.3, -0.25) is 9.47 Å². The van der Waals surface area contributed by atoms with Gasteiger partial charge in [-0.1, -0.05) is 45.9 Å². The van der Waals surface area contributed by atoms with Crippen molar-refractivity contribution in [2.24, 2.45) is 0 Å². The van der Waals surface area contributed by atoms with Crippen LogP contribution in [-0.2, 0) is 11.4 Å². The molecule has 1 aromatic heterocycles. The fourth-order valence-electron chi connectivity index (χ4n) is 3.28. The van der Waals surface area contributed by atoms with Crippen LogP contribution in [0.25, 0.3) is 6.08 Å². The van der Waals surface area contributed by atoms with E-state index in [-0.39, 0.29) is 18.3 Å². The van der Waals surface area contributed by atoms with Crippen LogP contribution in [0.1, 0.15) is 22.5 Å². The standard InChI is InChI=1S/C23H18BrFN2O2S2/c1-14-7-8-15(2)26(14)27-22(28)21(31-23(27)30)12-17-11-18(24)9-10-20(17)29-13-16-5-3-4-6-19(16)25/h3-12H,13H2,1-2H3/b21-12-. The monoisotopic (exact) mass is 516 g/mol. The van der Waals surface area contributed by atoms with Gasteiger partial charge in [-0.15, -0.1) is 0 Å². The van der Waals surface area contributed by atoms with Crippen molar-refractivity contribution in [1.82, 2.24) is 4.68 Å². The van der Waals surface area contributed by atoms with Crippen molar-refractivity contribution in [3.63, 3.8) is 0 Å². The van der Waals surface area contributed by atoms with Gasteiger partial charge in [0.15, 0.2) is 4.32 Å². The normalized spacial score (nSPS) is 15.2. The van der Waals surface area contributed by atoms with E-state index in [1.165, 1.54) is 22.8 Å². The number of carbonyl (C=O) groups excluding carboxylic acids is 1. The molecule has 0 atom stereocenters. The molecular formula is C23H18BrFN2O2S2. The van der Waals surface area contributed by atoms with Gasteiger partial charge in [0.05, 0.1) is 4.91 Å². The highest BCUT2D eigenvalue weighted by molar-refractivity contribution is 9.10. The van der Waals surface area contributed by atoms with Crippen molar-refractivity contribution < 1.29 is 13.9 Å². The van der Waals surface area contributed by atoms with E-state index < -0.39 is 0 Å². The first-order valence-electron chi connectivity index (χ1n) is 9.44. The largest absolute Gasteiger partial charge is 0.488 e. The number of thiocarbonyl (C=S) groups is 1. The minimum Gasteiger partial charge on any atom is -0.488 e. The van der Waals surface area contributed by atoms with Crippen LogP contribution >= 0.6 is 39.9 Å². The maximum absolute atomic E-state index is 14.0. The molecule has 0 spiro atoms. The predicted octanol–water partition coefficient (Wildman–Crippen LogP) is 6.12. The number of aryl methyl sites for hydroxylation is 2. The number of aromatic nitrogens is 1. The molecule has 1 saturated heterocycles. The third kappa shape index (κ3) is 4.46. The van der Waals surface area contributed by atoms with Crippen LogP contribution < -0.4 is 9.75 Å². The number of nitrogens with zero attached hydrogens (tertiary/aromatic N) is 2. The van der Waals surface area contributed by atoms with Gasteiger partial charge in [0.2, 0.25) is 0 Å². The van der Waals surface area contributed by atoms with E-state index in [1.54, 1.807) is 30.3 Å². The summed E-state index contributed by atoms with van der Waals surface area (Å²) in [4.78, 5) is 13.7. The molecule has 0 N–H and O–H groups in total. The molecular weight excluding hydrogens is 499 g/mol. The minimum absolute atomic E-state index is 0.0812. The minimum atomic E-state index is -0.320. The second-order valence-corrected chi connectivity index (χ2v) is 9.58. The van der Waals surface area contributed by atoms with Crippen molar-refractivity contribution in [3.8, 4) is 5.75 Å². The number of rotatable bonds is 5. The molecule has 0 bridgehead atoms. The number of hydrogen-bond acceptors (Lipinski definition) is 4. The number of amides is 1.